The van der Waals surface area contributed by atoms with E-state index in [1.54, 1.807) is 0 Å². The van der Waals surface area contributed by atoms with E-state index in [-0.39, 0.29) is 5.91 Å². The lowest BCUT2D eigenvalue weighted by atomic mass is 10.2. The van der Waals surface area contributed by atoms with Crippen molar-refractivity contribution in [3.8, 4) is 5.75 Å². The third-order valence-corrected chi connectivity index (χ3v) is 3.60. The molecular weight excluding hydrogens is 250 g/mol. The number of hydrogen-bond acceptors (Lipinski definition) is 2. The summed E-state index contributed by atoms with van der Waals surface area (Å²) >= 11 is 5.77. The van der Waals surface area contributed by atoms with Crippen molar-refractivity contribution in [2.75, 3.05) is 25.6 Å². The van der Waals surface area contributed by atoms with Gasteiger partial charge in [0.15, 0.2) is 0 Å². The molecule has 0 radical (unpaired) electrons. The van der Waals surface area contributed by atoms with Gasteiger partial charge in [-0.1, -0.05) is 17.7 Å². The minimum absolute atomic E-state index is 0.188. The molecule has 1 heterocycles. The summed E-state index contributed by atoms with van der Waals surface area (Å²) in [7, 11) is 0. The van der Waals surface area contributed by atoms with Crippen LogP contribution in [0.5, 0.6) is 5.75 Å². The largest absolute Gasteiger partial charge is 0.492 e. The number of likely N-dealkylation sites (tertiary alicyclic amines) is 1. The van der Waals surface area contributed by atoms with Gasteiger partial charge in [-0.05, 0) is 25.0 Å². The predicted octanol–water partition coefficient (Wildman–Crippen LogP) is 2.46. The first-order valence-corrected chi connectivity index (χ1v) is 6.75. The molecule has 98 valence electrons. The van der Waals surface area contributed by atoms with E-state index in [0.29, 0.717) is 31.4 Å². The first kappa shape index (κ1) is 13.2. The molecule has 3 nitrogen and oxygen atoms in total. The molecule has 1 aliphatic heterocycles. The maximum Gasteiger partial charge on any atom is 0.223 e. The van der Waals surface area contributed by atoms with Gasteiger partial charge in [0.2, 0.25) is 5.91 Å². The normalized spacial score (nSPS) is 19.3. The van der Waals surface area contributed by atoms with Crippen molar-refractivity contribution in [1.29, 1.82) is 0 Å². The number of aryl methyl sites for hydroxylation is 1. The molecule has 0 aliphatic carbocycles. The molecule has 1 unspecified atom stereocenters. The molecule has 1 aliphatic rings. The summed E-state index contributed by atoms with van der Waals surface area (Å²) in [5, 5.41) is 0. The zero-order chi connectivity index (χ0) is 13.0. The second kappa shape index (κ2) is 6.10. The van der Waals surface area contributed by atoms with Crippen molar-refractivity contribution >= 4 is 17.5 Å². The van der Waals surface area contributed by atoms with E-state index in [4.69, 9.17) is 16.3 Å². The van der Waals surface area contributed by atoms with Crippen LogP contribution < -0.4 is 4.74 Å². The zero-order valence-corrected chi connectivity index (χ0v) is 11.3. The van der Waals surface area contributed by atoms with E-state index in [0.717, 1.165) is 12.3 Å². The lowest BCUT2D eigenvalue weighted by Gasteiger charge is -2.16. The zero-order valence-electron chi connectivity index (χ0n) is 10.6. The molecule has 0 aromatic heterocycles. The molecule has 1 aromatic rings. The molecule has 1 aromatic carbocycles. The smallest absolute Gasteiger partial charge is 0.223 e. The standard InChI is InChI=1S/C14H18ClNO2/c1-11-2-4-13(5-3-11)18-7-6-16-10-12(9-15)8-14(16)17/h2-5,12H,6-10H2,1H3. The number of nitrogens with zero attached hydrogens (tertiary/aromatic N) is 1. The van der Waals surface area contributed by atoms with E-state index in [1.807, 2.05) is 36.1 Å². The topological polar surface area (TPSA) is 29.5 Å². The average Bonchev–Trinajstić information content (AvgIpc) is 2.73. The summed E-state index contributed by atoms with van der Waals surface area (Å²) < 4.78 is 5.61. The van der Waals surface area contributed by atoms with Crippen molar-refractivity contribution in [3.63, 3.8) is 0 Å². The molecule has 1 fully saturated rings. The van der Waals surface area contributed by atoms with E-state index in [9.17, 15) is 4.79 Å². The number of alkyl halides is 1. The van der Waals surface area contributed by atoms with Crippen LogP contribution in [0.2, 0.25) is 0 Å². The molecule has 0 N–H and O–H groups in total. The highest BCUT2D eigenvalue weighted by Gasteiger charge is 2.28. The maximum absolute atomic E-state index is 11.6. The van der Waals surface area contributed by atoms with E-state index in [2.05, 4.69) is 0 Å². The SMILES string of the molecule is Cc1ccc(OCCN2CC(CCl)CC2=O)cc1. The summed E-state index contributed by atoms with van der Waals surface area (Å²) in [6.45, 7) is 3.97. The minimum atomic E-state index is 0.188. The van der Waals surface area contributed by atoms with Crippen LogP contribution in [0.15, 0.2) is 24.3 Å². The number of rotatable bonds is 5. The highest BCUT2D eigenvalue weighted by atomic mass is 35.5. The Labute approximate surface area is 113 Å². The van der Waals surface area contributed by atoms with Gasteiger partial charge < -0.3 is 9.64 Å². The van der Waals surface area contributed by atoms with Crippen LogP contribution in [0, 0.1) is 12.8 Å². The summed E-state index contributed by atoms with van der Waals surface area (Å²) in [5.41, 5.74) is 1.21. The molecule has 1 amide bonds. The molecule has 18 heavy (non-hydrogen) atoms. The van der Waals surface area contributed by atoms with E-state index < -0.39 is 0 Å². The third kappa shape index (κ3) is 3.39. The summed E-state index contributed by atoms with van der Waals surface area (Å²) in [4.78, 5) is 13.5. The second-order valence-corrected chi connectivity index (χ2v) is 5.03. The number of benzene rings is 1. The minimum Gasteiger partial charge on any atom is -0.492 e. The van der Waals surface area contributed by atoms with Gasteiger partial charge in [0.05, 0.1) is 6.54 Å². The van der Waals surface area contributed by atoms with Crippen molar-refractivity contribution in [2.45, 2.75) is 13.3 Å². The van der Waals surface area contributed by atoms with Gasteiger partial charge in [0.1, 0.15) is 12.4 Å². The van der Waals surface area contributed by atoms with Crippen LogP contribution in [0.25, 0.3) is 0 Å². The summed E-state index contributed by atoms with van der Waals surface area (Å²) in [5.74, 6) is 1.90. The second-order valence-electron chi connectivity index (χ2n) is 4.73. The molecule has 1 saturated heterocycles. The van der Waals surface area contributed by atoms with Gasteiger partial charge in [-0.2, -0.15) is 0 Å². The number of hydrogen-bond donors (Lipinski definition) is 0. The molecule has 1 atom stereocenters. The first-order chi connectivity index (χ1) is 8.69. The summed E-state index contributed by atoms with van der Waals surface area (Å²) in [6.07, 6.45) is 0.577. The van der Waals surface area contributed by atoms with Gasteiger partial charge in [-0.3, -0.25) is 4.79 Å². The van der Waals surface area contributed by atoms with Gasteiger partial charge in [0.25, 0.3) is 0 Å². The Balaban J connectivity index is 1.75. The van der Waals surface area contributed by atoms with Crippen LogP contribution in [0.4, 0.5) is 0 Å². The van der Waals surface area contributed by atoms with Crippen molar-refractivity contribution < 1.29 is 9.53 Å². The Bertz CT molecular complexity index is 405. The fourth-order valence-corrected chi connectivity index (χ4v) is 2.29. The number of carbonyl (C=O) groups is 1. The van der Waals surface area contributed by atoms with Gasteiger partial charge in [-0.25, -0.2) is 0 Å². The van der Waals surface area contributed by atoms with Gasteiger partial charge in [-0.15, -0.1) is 11.6 Å². The fourth-order valence-electron chi connectivity index (χ4n) is 2.08. The predicted molar refractivity (Wildman–Crippen MR) is 72.1 cm³/mol. The van der Waals surface area contributed by atoms with Crippen molar-refractivity contribution in [3.05, 3.63) is 29.8 Å². The van der Waals surface area contributed by atoms with Crippen LogP contribution in [0.3, 0.4) is 0 Å². The number of halogens is 1. The first-order valence-electron chi connectivity index (χ1n) is 6.22. The number of amides is 1. The highest BCUT2D eigenvalue weighted by Crippen LogP contribution is 2.18. The van der Waals surface area contributed by atoms with E-state index in [1.165, 1.54) is 5.56 Å². The highest BCUT2D eigenvalue weighted by molar-refractivity contribution is 6.18. The average molecular weight is 268 g/mol. The van der Waals surface area contributed by atoms with Crippen LogP contribution in [-0.2, 0) is 4.79 Å². The summed E-state index contributed by atoms with van der Waals surface area (Å²) in [6, 6.07) is 7.92. The van der Waals surface area contributed by atoms with Crippen molar-refractivity contribution in [2.24, 2.45) is 5.92 Å². The number of ether oxygens (including phenoxy) is 1. The van der Waals surface area contributed by atoms with Gasteiger partial charge in [0, 0.05) is 18.8 Å². The Hall–Kier alpha value is -1.22. The third-order valence-electron chi connectivity index (χ3n) is 3.16. The van der Waals surface area contributed by atoms with Crippen LogP contribution >= 0.6 is 11.6 Å². The lowest BCUT2D eigenvalue weighted by molar-refractivity contribution is -0.128. The lowest BCUT2D eigenvalue weighted by Crippen LogP contribution is -2.30. The molecule has 0 bridgehead atoms. The maximum atomic E-state index is 11.6. The molecular formula is C14H18ClNO2. The fraction of sp³-hybridized carbons (Fsp3) is 0.500. The Morgan fingerprint density at radius 1 is 1.39 bits per heavy atom. The number of carbonyl (C=O) groups excluding carboxylic acids is 1. The van der Waals surface area contributed by atoms with Crippen LogP contribution in [0.1, 0.15) is 12.0 Å². The molecule has 2 rings (SSSR count). The van der Waals surface area contributed by atoms with Gasteiger partial charge >= 0.3 is 0 Å². The quantitative estimate of drug-likeness (QED) is 0.767. The Kier molecular flexibility index (Phi) is 4.48. The Morgan fingerprint density at radius 2 is 2.11 bits per heavy atom. The molecule has 4 heteroatoms. The Morgan fingerprint density at radius 3 is 2.72 bits per heavy atom. The van der Waals surface area contributed by atoms with E-state index >= 15 is 0 Å². The van der Waals surface area contributed by atoms with Crippen LogP contribution in [-0.4, -0.2) is 36.4 Å². The molecule has 0 saturated carbocycles. The molecule has 0 spiro atoms. The monoisotopic (exact) mass is 267 g/mol. The van der Waals surface area contributed by atoms with Crippen molar-refractivity contribution in [1.82, 2.24) is 4.90 Å².